The van der Waals surface area contributed by atoms with Gasteiger partial charge in [0.2, 0.25) is 0 Å². The Morgan fingerprint density at radius 3 is 3.12 bits per heavy atom. The number of piperidine rings is 1. The van der Waals surface area contributed by atoms with Crippen LogP contribution in [0.4, 0.5) is 0 Å². The lowest BCUT2D eigenvalue weighted by atomic mass is 9.98. The molecule has 1 unspecified atom stereocenters. The standard InChI is InChI=1S/C12H20N2O2/c1-2-16-12(15)11-6-5-9-14(10-11)8-4-3-7-13/h11H,2-6,8-10H2,1H3. The zero-order chi connectivity index (χ0) is 11.8. The first-order valence-corrected chi connectivity index (χ1v) is 6.04. The summed E-state index contributed by atoms with van der Waals surface area (Å²) in [7, 11) is 0. The van der Waals surface area contributed by atoms with Crippen LogP contribution < -0.4 is 0 Å². The van der Waals surface area contributed by atoms with Crippen molar-refractivity contribution in [2.75, 3.05) is 26.2 Å². The number of hydrogen-bond acceptors (Lipinski definition) is 4. The Bertz CT molecular complexity index is 260. The van der Waals surface area contributed by atoms with Crippen LogP contribution in [0, 0.1) is 17.2 Å². The van der Waals surface area contributed by atoms with Crippen LogP contribution in [0.25, 0.3) is 0 Å². The zero-order valence-electron chi connectivity index (χ0n) is 9.95. The topological polar surface area (TPSA) is 53.3 Å². The first-order valence-electron chi connectivity index (χ1n) is 6.04. The number of hydrogen-bond donors (Lipinski definition) is 0. The Kier molecular flexibility index (Phi) is 5.87. The fourth-order valence-electron chi connectivity index (χ4n) is 2.09. The quantitative estimate of drug-likeness (QED) is 0.525. The van der Waals surface area contributed by atoms with Crippen LogP contribution in [0.1, 0.15) is 32.6 Å². The second kappa shape index (κ2) is 7.24. The minimum absolute atomic E-state index is 0.0378. The molecule has 1 rings (SSSR count). The number of ether oxygens (including phenoxy) is 1. The van der Waals surface area contributed by atoms with E-state index in [1.165, 1.54) is 0 Å². The second-order valence-corrected chi connectivity index (χ2v) is 4.15. The molecule has 4 heteroatoms. The van der Waals surface area contributed by atoms with E-state index in [9.17, 15) is 4.79 Å². The van der Waals surface area contributed by atoms with Crippen molar-refractivity contribution < 1.29 is 9.53 Å². The molecule has 1 atom stereocenters. The molecule has 90 valence electrons. The maximum Gasteiger partial charge on any atom is 0.310 e. The normalized spacial score (nSPS) is 21.4. The van der Waals surface area contributed by atoms with Gasteiger partial charge in [0.15, 0.2) is 0 Å². The van der Waals surface area contributed by atoms with E-state index in [0.717, 1.165) is 38.9 Å². The van der Waals surface area contributed by atoms with E-state index in [4.69, 9.17) is 10.00 Å². The maximum absolute atomic E-state index is 11.6. The van der Waals surface area contributed by atoms with Crippen molar-refractivity contribution in [3.05, 3.63) is 0 Å². The Hall–Kier alpha value is -1.08. The van der Waals surface area contributed by atoms with Gasteiger partial charge in [-0.2, -0.15) is 5.26 Å². The van der Waals surface area contributed by atoms with Crippen molar-refractivity contribution in [1.29, 1.82) is 5.26 Å². The first-order chi connectivity index (χ1) is 7.77. The van der Waals surface area contributed by atoms with E-state index in [0.29, 0.717) is 13.0 Å². The number of rotatable bonds is 5. The van der Waals surface area contributed by atoms with Gasteiger partial charge in [-0.15, -0.1) is 0 Å². The maximum atomic E-state index is 11.6. The zero-order valence-corrected chi connectivity index (χ0v) is 9.95. The molecule has 1 aliphatic rings. The number of carbonyl (C=O) groups excluding carboxylic acids is 1. The van der Waals surface area contributed by atoms with Gasteiger partial charge in [-0.1, -0.05) is 0 Å². The minimum atomic E-state index is -0.0625. The first kappa shape index (κ1) is 13.0. The van der Waals surface area contributed by atoms with Crippen molar-refractivity contribution in [3.8, 4) is 6.07 Å². The highest BCUT2D eigenvalue weighted by Gasteiger charge is 2.26. The van der Waals surface area contributed by atoms with Gasteiger partial charge in [0, 0.05) is 13.0 Å². The van der Waals surface area contributed by atoms with Gasteiger partial charge in [0.1, 0.15) is 0 Å². The smallest absolute Gasteiger partial charge is 0.310 e. The molecule has 0 aliphatic carbocycles. The van der Waals surface area contributed by atoms with Gasteiger partial charge in [-0.3, -0.25) is 4.79 Å². The van der Waals surface area contributed by atoms with E-state index in [1.807, 2.05) is 6.92 Å². The molecule has 4 nitrogen and oxygen atoms in total. The van der Waals surface area contributed by atoms with E-state index in [1.54, 1.807) is 0 Å². The molecule has 1 fully saturated rings. The number of nitriles is 1. The van der Waals surface area contributed by atoms with Crippen molar-refractivity contribution in [2.24, 2.45) is 5.92 Å². The number of unbranched alkanes of at least 4 members (excludes halogenated alkanes) is 1. The molecule has 1 heterocycles. The molecule has 0 amide bonds. The van der Waals surface area contributed by atoms with Gasteiger partial charge in [0.05, 0.1) is 18.6 Å². The summed E-state index contributed by atoms with van der Waals surface area (Å²) in [5, 5.41) is 8.46. The van der Waals surface area contributed by atoms with Crippen LogP contribution in [-0.2, 0) is 9.53 Å². The van der Waals surface area contributed by atoms with Crippen LogP contribution in [0.2, 0.25) is 0 Å². The molecule has 0 aromatic heterocycles. The van der Waals surface area contributed by atoms with Gasteiger partial charge in [-0.25, -0.2) is 0 Å². The SMILES string of the molecule is CCOC(=O)C1CCCN(CCCC#N)C1. The second-order valence-electron chi connectivity index (χ2n) is 4.15. The van der Waals surface area contributed by atoms with Gasteiger partial charge < -0.3 is 9.64 Å². The highest BCUT2D eigenvalue weighted by Crippen LogP contribution is 2.18. The van der Waals surface area contributed by atoms with Crippen LogP contribution in [0.15, 0.2) is 0 Å². The molecule has 1 saturated heterocycles. The molecule has 0 saturated carbocycles. The summed E-state index contributed by atoms with van der Waals surface area (Å²) < 4.78 is 5.04. The third-order valence-corrected chi connectivity index (χ3v) is 2.89. The van der Waals surface area contributed by atoms with E-state index >= 15 is 0 Å². The molecule has 0 spiro atoms. The highest BCUT2D eigenvalue weighted by atomic mass is 16.5. The fraction of sp³-hybridized carbons (Fsp3) is 0.833. The summed E-state index contributed by atoms with van der Waals surface area (Å²) >= 11 is 0. The van der Waals surface area contributed by atoms with Gasteiger partial charge in [0.25, 0.3) is 0 Å². The van der Waals surface area contributed by atoms with Crippen molar-refractivity contribution in [2.45, 2.75) is 32.6 Å². The molecule has 0 bridgehead atoms. The largest absolute Gasteiger partial charge is 0.466 e. The van der Waals surface area contributed by atoms with Crippen LogP contribution in [0.3, 0.4) is 0 Å². The molecular weight excluding hydrogens is 204 g/mol. The third kappa shape index (κ3) is 4.19. The molecule has 1 aliphatic heterocycles. The van der Waals surface area contributed by atoms with Crippen LogP contribution in [0.5, 0.6) is 0 Å². The lowest BCUT2D eigenvalue weighted by molar-refractivity contribution is -0.149. The molecule has 0 aromatic carbocycles. The average Bonchev–Trinajstić information content (AvgIpc) is 2.30. The predicted octanol–water partition coefficient (Wildman–Crippen LogP) is 1.57. The van der Waals surface area contributed by atoms with Crippen LogP contribution >= 0.6 is 0 Å². The van der Waals surface area contributed by atoms with Gasteiger partial charge in [-0.05, 0) is 39.3 Å². The average molecular weight is 224 g/mol. The molecule has 0 aromatic rings. The fourth-order valence-corrected chi connectivity index (χ4v) is 2.09. The summed E-state index contributed by atoms with van der Waals surface area (Å²) in [6.07, 6.45) is 3.48. The minimum Gasteiger partial charge on any atom is -0.466 e. The Morgan fingerprint density at radius 2 is 2.44 bits per heavy atom. The van der Waals surface area contributed by atoms with E-state index in [-0.39, 0.29) is 11.9 Å². The number of likely N-dealkylation sites (tertiary alicyclic amines) is 1. The van der Waals surface area contributed by atoms with Crippen LogP contribution in [-0.4, -0.2) is 37.1 Å². The summed E-state index contributed by atoms with van der Waals surface area (Å²) in [4.78, 5) is 13.8. The predicted molar refractivity (Wildman–Crippen MR) is 60.6 cm³/mol. The number of carbonyl (C=O) groups is 1. The number of nitrogens with zero attached hydrogens (tertiary/aromatic N) is 2. The number of esters is 1. The summed E-state index contributed by atoms with van der Waals surface area (Å²) in [6, 6.07) is 2.14. The third-order valence-electron chi connectivity index (χ3n) is 2.89. The van der Waals surface area contributed by atoms with E-state index < -0.39 is 0 Å². The molecule has 16 heavy (non-hydrogen) atoms. The summed E-state index contributed by atoms with van der Waals surface area (Å²) in [5.41, 5.74) is 0. The highest BCUT2D eigenvalue weighted by molar-refractivity contribution is 5.72. The molecule has 0 N–H and O–H groups in total. The Labute approximate surface area is 97.2 Å². The van der Waals surface area contributed by atoms with Gasteiger partial charge >= 0.3 is 5.97 Å². The monoisotopic (exact) mass is 224 g/mol. The summed E-state index contributed by atoms with van der Waals surface area (Å²) in [5.74, 6) is -0.0248. The molecule has 0 radical (unpaired) electrons. The Balaban J connectivity index is 2.29. The Morgan fingerprint density at radius 1 is 1.62 bits per heavy atom. The summed E-state index contributed by atoms with van der Waals surface area (Å²) in [6.45, 7) is 5.06. The molecular formula is C12H20N2O2. The lowest BCUT2D eigenvalue weighted by Gasteiger charge is -2.31. The van der Waals surface area contributed by atoms with E-state index in [2.05, 4.69) is 11.0 Å². The van der Waals surface area contributed by atoms with Crippen molar-refractivity contribution >= 4 is 5.97 Å². The van der Waals surface area contributed by atoms with Crippen molar-refractivity contribution in [1.82, 2.24) is 4.90 Å². The van der Waals surface area contributed by atoms with Crippen molar-refractivity contribution in [3.63, 3.8) is 0 Å². The lowest BCUT2D eigenvalue weighted by Crippen LogP contribution is -2.39.